The van der Waals surface area contributed by atoms with E-state index in [0.717, 1.165) is 16.8 Å². The minimum atomic E-state index is -0.644. The number of phenolic OH excluding ortho intramolecular Hbond substituents is 1. The van der Waals surface area contributed by atoms with Gasteiger partial charge in [0, 0.05) is 5.56 Å². The third kappa shape index (κ3) is 3.80. The normalized spacial score (nSPS) is 15.1. The molecule has 1 saturated heterocycles. The molecule has 2 N–H and O–H groups in total. The predicted octanol–water partition coefficient (Wildman–Crippen LogP) is 2.96. The summed E-state index contributed by atoms with van der Waals surface area (Å²) in [4.78, 5) is 25.4. The topological polar surface area (TPSA) is 88.1 Å². The van der Waals surface area contributed by atoms with Crippen LogP contribution < -0.4 is 14.9 Å². The van der Waals surface area contributed by atoms with Crippen LogP contribution in [0.25, 0.3) is 6.08 Å². The molecule has 144 valence electrons. The van der Waals surface area contributed by atoms with Crippen molar-refractivity contribution < 1.29 is 24.2 Å². The lowest BCUT2D eigenvalue weighted by atomic mass is 10.1. The van der Waals surface area contributed by atoms with Crippen molar-refractivity contribution in [1.29, 1.82) is 0 Å². The number of para-hydroxylation sites is 2. The molecule has 7 nitrogen and oxygen atoms in total. The fraction of sp³-hybridized carbons (Fsp3) is 0.105. The second kappa shape index (κ2) is 8.32. The van der Waals surface area contributed by atoms with Crippen LogP contribution in [0.1, 0.15) is 15.9 Å². The zero-order valence-corrected chi connectivity index (χ0v) is 16.6. The van der Waals surface area contributed by atoms with Crippen molar-refractivity contribution in [3.05, 3.63) is 58.5 Å². The first-order valence-electron chi connectivity index (χ1n) is 8.04. The van der Waals surface area contributed by atoms with Crippen molar-refractivity contribution in [3.8, 4) is 17.2 Å². The van der Waals surface area contributed by atoms with E-state index in [2.05, 4.69) is 5.43 Å². The molecule has 2 aromatic rings. The predicted molar refractivity (Wildman–Crippen MR) is 110 cm³/mol. The fourth-order valence-electron chi connectivity index (χ4n) is 2.56. The van der Waals surface area contributed by atoms with Crippen molar-refractivity contribution in [2.24, 2.45) is 0 Å². The average molecular weight is 416 g/mol. The van der Waals surface area contributed by atoms with E-state index < -0.39 is 11.8 Å². The first-order valence-corrected chi connectivity index (χ1v) is 9.26. The summed E-state index contributed by atoms with van der Waals surface area (Å²) in [6.45, 7) is 0. The molecule has 0 atom stereocenters. The molecule has 0 aliphatic carbocycles. The van der Waals surface area contributed by atoms with Crippen LogP contribution >= 0.6 is 24.0 Å². The van der Waals surface area contributed by atoms with E-state index in [0.29, 0.717) is 22.0 Å². The maximum Gasteiger partial charge on any atom is 0.285 e. The molecular weight excluding hydrogens is 400 g/mol. The Morgan fingerprint density at radius 3 is 2.61 bits per heavy atom. The van der Waals surface area contributed by atoms with Crippen LogP contribution in [-0.4, -0.2) is 40.5 Å². The Morgan fingerprint density at radius 1 is 1.18 bits per heavy atom. The number of aromatic hydroxyl groups is 1. The van der Waals surface area contributed by atoms with Crippen molar-refractivity contribution in [2.75, 3.05) is 14.2 Å². The van der Waals surface area contributed by atoms with E-state index in [9.17, 15) is 14.7 Å². The molecule has 1 aliphatic rings. The summed E-state index contributed by atoms with van der Waals surface area (Å²) < 4.78 is 10.8. The molecule has 9 heteroatoms. The molecular formula is C19H16N2O5S2. The Bertz CT molecular complexity index is 990. The number of amides is 2. The number of thiocarbonyl (C=S) groups is 1. The number of phenols is 1. The summed E-state index contributed by atoms with van der Waals surface area (Å²) >= 11 is 6.26. The maximum atomic E-state index is 12.7. The first-order chi connectivity index (χ1) is 13.5. The lowest BCUT2D eigenvalue weighted by Crippen LogP contribution is -2.44. The first kappa shape index (κ1) is 19.7. The number of thioether (sulfide) groups is 1. The van der Waals surface area contributed by atoms with Crippen LogP contribution in [0.15, 0.2) is 47.4 Å². The zero-order valence-electron chi connectivity index (χ0n) is 15.0. The zero-order chi connectivity index (χ0) is 20.3. The molecule has 28 heavy (non-hydrogen) atoms. The average Bonchev–Trinajstić information content (AvgIpc) is 2.95. The lowest BCUT2D eigenvalue weighted by Gasteiger charge is -2.16. The van der Waals surface area contributed by atoms with Gasteiger partial charge in [-0.1, -0.05) is 36.0 Å². The number of hydrazine groups is 1. The highest BCUT2D eigenvalue weighted by Gasteiger charge is 2.34. The third-order valence-electron chi connectivity index (χ3n) is 3.88. The number of rotatable bonds is 5. The van der Waals surface area contributed by atoms with Gasteiger partial charge in [0.05, 0.1) is 24.7 Å². The molecule has 0 radical (unpaired) electrons. The highest BCUT2D eigenvalue weighted by molar-refractivity contribution is 8.26. The minimum absolute atomic E-state index is 0.0370. The van der Waals surface area contributed by atoms with Crippen molar-refractivity contribution in [1.82, 2.24) is 10.4 Å². The summed E-state index contributed by atoms with van der Waals surface area (Å²) in [6.07, 6.45) is 1.62. The van der Waals surface area contributed by atoms with Gasteiger partial charge in [0.2, 0.25) is 0 Å². The molecule has 0 spiro atoms. The molecule has 0 bridgehead atoms. The van der Waals surface area contributed by atoms with Crippen LogP contribution in [0.4, 0.5) is 0 Å². The summed E-state index contributed by atoms with van der Waals surface area (Å²) in [5.74, 6) is -0.312. The fourth-order valence-corrected chi connectivity index (χ4v) is 3.73. The van der Waals surface area contributed by atoms with Gasteiger partial charge in [-0.25, -0.2) is 0 Å². The van der Waals surface area contributed by atoms with Crippen molar-refractivity contribution >= 4 is 46.2 Å². The van der Waals surface area contributed by atoms with E-state index >= 15 is 0 Å². The molecule has 3 rings (SSSR count). The van der Waals surface area contributed by atoms with Crippen LogP contribution in [0.2, 0.25) is 0 Å². The second-order valence-corrected chi connectivity index (χ2v) is 7.23. The second-order valence-electron chi connectivity index (χ2n) is 5.56. The largest absolute Gasteiger partial charge is 0.507 e. The molecule has 0 aromatic heterocycles. The summed E-state index contributed by atoms with van der Waals surface area (Å²) in [6, 6.07) is 11.3. The van der Waals surface area contributed by atoms with E-state index in [1.165, 1.54) is 26.4 Å². The number of ether oxygens (including phenoxy) is 2. The van der Waals surface area contributed by atoms with E-state index in [1.807, 2.05) is 0 Å². The van der Waals surface area contributed by atoms with Crippen LogP contribution in [0, 0.1) is 0 Å². The van der Waals surface area contributed by atoms with E-state index in [-0.39, 0.29) is 15.6 Å². The number of carbonyl (C=O) groups is 2. The molecule has 1 aliphatic heterocycles. The Kier molecular flexibility index (Phi) is 5.86. The Morgan fingerprint density at radius 2 is 1.93 bits per heavy atom. The number of methoxy groups -OCH3 is 2. The van der Waals surface area contributed by atoms with Gasteiger partial charge in [0.25, 0.3) is 11.8 Å². The summed E-state index contributed by atoms with van der Waals surface area (Å²) in [7, 11) is 3.03. The highest BCUT2D eigenvalue weighted by Crippen LogP contribution is 2.36. The molecule has 0 saturated carbocycles. The van der Waals surface area contributed by atoms with Gasteiger partial charge in [0.15, 0.2) is 15.8 Å². The molecule has 1 heterocycles. The smallest absolute Gasteiger partial charge is 0.285 e. The van der Waals surface area contributed by atoms with Gasteiger partial charge in [-0.05, 0) is 36.5 Å². The molecule has 2 aromatic carbocycles. The Hall–Kier alpha value is -3.04. The Labute approximate surface area is 170 Å². The van der Waals surface area contributed by atoms with Gasteiger partial charge in [-0.3, -0.25) is 15.0 Å². The van der Waals surface area contributed by atoms with E-state index in [1.54, 1.807) is 36.4 Å². The standard InChI is InChI=1S/C19H16N2O5S2/c1-25-14-9-5-6-11(16(14)26-2)10-15-18(24)21(19(27)28-15)20-17(23)12-7-3-4-8-13(12)22/h3-10,22H,1-2H3,(H,20,23). The number of nitrogens with one attached hydrogen (secondary N) is 1. The van der Waals surface area contributed by atoms with Gasteiger partial charge in [-0.2, -0.15) is 5.01 Å². The third-order valence-corrected chi connectivity index (χ3v) is 5.18. The molecule has 2 amide bonds. The Balaban J connectivity index is 1.85. The maximum absolute atomic E-state index is 12.7. The number of benzene rings is 2. The minimum Gasteiger partial charge on any atom is -0.507 e. The number of hydrogen-bond donors (Lipinski definition) is 2. The van der Waals surface area contributed by atoms with Crippen LogP contribution in [0.5, 0.6) is 17.2 Å². The lowest BCUT2D eigenvalue weighted by molar-refractivity contribution is -0.123. The van der Waals surface area contributed by atoms with Crippen LogP contribution in [-0.2, 0) is 4.79 Å². The van der Waals surface area contributed by atoms with E-state index in [4.69, 9.17) is 21.7 Å². The van der Waals surface area contributed by atoms with Crippen LogP contribution in [0.3, 0.4) is 0 Å². The van der Waals surface area contributed by atoms with Gasteiger partial charge in [0.1, 0.15) is 5.75 Å². The number of nitrogens with zero attached hydrogens (tertiary/aromatic N) is 1. The monoisotopic (exact) mass is 416 g/mol. The van der Waals surface area contributed by atoms with Crippen molar-refractivity contribution in [2.45, 2.75) is 0 Å². The van der Waals surface area contributed by atoms with Gasteiger partial charge < -0.3 is 14.6 Å². The number of carbonyl (C=O) groups excluding carboxylic acids is 2. The molecule has 1 fully saturated rings. The number of hydrogen-bond acceptors (Lipinski definition) is 7. The summed E-state index contributed by atoms with van der Waals surface area (Å²) in [5, 5.41) is 10.8. The van der Waals surface area contributed by atoms with Gasteiger partial charge >= 0.3 is 0 Å². The summed E-state index contributed by atoms with van der Waals surface area (Å²) in [5.41, 5.74) is 3.10. The van der Waals surface area contributed by atoms with Crippen molar-refractivity contribution in [3.63, 3.8) is 0 Å². The highest BCUT2D eigenvalue weighted by atomic mass is 32.2. The molecule has 0 unspecified atom stereocenters. The SMILES string of the molecule is COc1cccc(C=C2SC(=S)N(NC(=O)c3ccccc3O)C2=O)c1OC. The van der Waals surface area contributed by atoms with Gasteiger partial charge in [-0.15, -0.1) is 0 Å². The quantitative estimate of drug-likeness (QED) is 0.572.